The van der Waals surface area contributed by atoms with Crippen molar-refractivity contribution >= 4 is 23.2 Å². The van der Waals surface area contributed by atoms with Gasteiger partial charge < -0.3 is 10.1 Å². The third kappa shape index (κ3) is 4.34. The van der Waals surface area contributed by atoms with Gasteiger partial charge in [0.1, 0.15) is 5.75 Å². The van der Waals surface area contributed by atoms with E-state index < -0.39 is 0 Å². The molecule has 2 nitrogen and oxygen atoms in total. The Bertz CT molecular complexity index is 328. The second-order valence-corrected chi connectivity index (χ2v) is 4.96. The third-order valence-corrected chi connectivity index (χ3v) is 4.28. The zero-order valence-electron chi connectivity index (χ0n) is 11.0. The van der Waals surface area contributed by atoms with Crippen molar-refractivity contribution in [2.24, 2.45) is 0 Å². The molecule has 0 saturated heterocycles. The van der Waals surface area contributed by atoms with Crippen LogP contribution in [0.5, 0.6) is 5.75 Å². The average molecular weight is 290 g/mol. The Hall–Kier alpha value is -0.440. The first kappa shape index (κ1) is 15.6. The van der Waals surface area contributed by atoms with Gasteiger partial charge in [0, 0.05) is 17.3 Å². The molecular weight excluding hydrogens is 269 g/mol. The molecule has 0 heterocycles. The molecular formula is C14H21Cl2NO. The van der Waals surface area contributed by atoms with Crippen LogP contribution in [0.25, 0.3) is 0 Å². The summed E-state index contributed by atoms with van der Waals surface area (Å²) in [5, 5.41) is 3.46. The Morgan fingerprint density at radius 2 is 1.78 bits per heavy atom. The van der Waals surface area contributed by atoms with Gasteiger partial charge in [-0.15, -0.1) is 23.2 Å². The van der Waals surface area contributed by atoms with Crippen LogP contribution in [0, 0.1) is 0 Å². The van der Waals surface area contributed by atoms with Crippen molar-refractivity contribution in [2.75, 3.05) is 25.4 Å². The topological polar surface area (TPSA) is 21.3 Å². The minimum atomic E-state index is -0.143. The first-order valence-corrected chi connectivity index (χ1v) is 7.26. The summed E-state index contributed by atoms with van der Waals surface area (Å²) >= 11 is 12.0. The van der Waals surface area contributed by atoms with Crippen LogP contribution in [0.2, 0.25) is 0 Å². The van der Waals surface area contributed by atoms with Crippen LogP contribution in [0.1, 0.15) is 18.9 Å². The number of nitrogens with one attached hydrogen (secondary N) is 1. The van der Waals surface area contributed by atoms with E-state index in [2.05, 4.69) is 24.4 Å². The maximum absolute atomic E-state index is 5.98. The number of hydrogen-bond acceptors (Lipinski definition) is 2. The summed E-state index contributed by atoms with van der Waals surface area (Å²) in [5.41, 5.74) is 1.13. The van der Waals surface area contributed by atoms with E-state index in [0.29, 0.717) is 11.8 Å². The highest BCUT2D eigenvalue weighted by atomic mass is 35.5. The van der Waals surface area contributed by atoms with Crippen molar-refractivity contribution in [1.82, 2.24) is 5.32 Å². The first-order valence-electron chi connectivity index (χ1n) is 6.19. The molecule has 0 unspecified atom stereocenters. The number of ether oxygens (including phenoxy) is 1. The molecule has 0 atom stereocenters. The predicted octanol–water partition coefficient (Wildman–Crippen LogP) is 3.45. The minimum Gasteiger partial charge on any atom is -0.497 e. The molecule has 0 bridgehead atoms. The Kier molecular flexibility index (Phi) is 6.83. The first-order chi connectivity index (χ1) is 8.69. The van der Waals surface area contributed by atoms with Crippen molar-refractivity contribution < 1.29 is 4.74 Å². The molecule has 0 aliphatic rings. The summed E-state index contributed by atoms with van der Waals surface area (Å²) < 4.78 is 5.13. The number of benzene rings is 1. The summed E-state index contributed by atoms with van der Waals surface area (Å²) in [6, 6.07) is 8.11. The lowest BCUT2D eigenvalue weighted by atomic mass is 10.0. The van der Waals surface area contributed by atoms with Crippen LogP contribution in [0.3, 0.4) is 0 Å². The molecule has 18 heavy (non-hydrogen) atoms. The molecule has 0 fully saturated rings. The normalized spacial score (nSPS) is 11.6. The Morgan fingerprint density at radius 1 is 1.17 bits per heavy atom. The monoisotopic (exact) mass is 289 g/mol. The van der Waals surface area contributed by atoms with E-state index in [9.17, 15) is 0 Å². The van der Waals surface area contributed by atoms with E-state index >= 15 is 0 Å². The molecule has 4 heteroatoms. The largest absolute Gasteiger partial charge is 0.497 e. The fourth-order valence-electron chi connectivity index (χ4n) is 1.71. The van der Waals surface area contributed by atoms with Gasteiger partial charge in [0.25, 0.3) is 0 Å². The van der Waals surface area contributed by atoms with E-state index in [1.165, 1.54) is 5.56 Å². The van der Waals surface area contributed by atoms with Crippen molar-refractivity contribution in [2.45, 2.75) is 25.3 Å². The Labute approximate surface area is 120 Å². The van der Waals surface area contributed by atoms with Crippen LogP contribution in [-0.4, -0.2) is 31.0 Å². The molecule has 0 amide bonds. The highest BCUT2D eigenvalue weighted by Gasteiger charge is 2.24. The molecule has 0 saturated carbocycles. The fourth-order valence-corrected chi connectivity index (χ4v) is 2.56. The molecule has 1 aromatic carbocycles. The molecule has 0 radical (unpaired) electrons. The van der Waals surface area contributed by atoms with Gasteiger partial charge in [-0.2, -0.15) is 0 Å². The number of methoxy groups -OCH3 is 1. The summed E-state index contributed by atoms with van der Waals surface area (Å²) in [6.07, 6.45) is 1.89. The SMILES string of the molecule is CCC(CCl)(CCl)NCCc1ccc(OC)cc1. The molecule has 0 aliphatic heterocycles. The zero-order chi connectivity index (χ0) is 13.4. The molecule has 1 rings (SSSR count). The van der Waals surface area contributed by atoms with Crippen LogP contribution >= 0.6 is 23.2 Å². The molecule has 0 aromatic heterocycles. The maximum atomic E-state index is 5.98. The second kappa shape index (κ2) is 7.88. The van der Waals surface area contributed by atoms with E-state index in [-0.39, 0.29) is 5.54 Å². The number of halogens is 2. The van der Waals surface area contributed by atoms with Crippen LogP contribution in [0.4, 0.5) is 0 Å². The number of alkyl halides is 2. The fraction of sp³-hybridized carbons (Fsp3) is 0.571. The quantitative estimate of drug-likeness (QED) is 0.740. The summed E-state index contributed by atoms with van der Waals surface area (Å²) in [7, 11) is 1.67. The van der Waals surface area contributed by atoms with Gasteiger partial charge in [0.05, 0.1) is 7.11 Å². The standard InChI is InChI=1S/C14H21Cl2NO/c1-3-14(10-15,11-16)17-9-8-12-4-6-13(18-2)7-5-12/h4-7,17H,3,8-11H2,1-2H3. The van der Waals surface area contributed by atoms with Gasteiger partial charge in [0.15, 0.2) is 0 Å². The van der Waals surface area contributed by atoms with Crippen molar-refractivity contribution in [3.05, 3.63) is 29.8 Å². The van der Waals surface area contributed by atoms with Gasteiger partial charge >= 0.3 is 0 Å². The van der Waals surface area contributed by atoms with Gasteiger partial charge in [-0.05, 0) is 37.1 Å². The van der Waals surface area contributed by atoms with Gasteiger partial charge in [-0.3, -0.25) is 0 Å². The molecule has 1 N–H and O–H groups in total. The van der Waals surface area contributed by atoms with Crippen molar-refractivity contribution in [3.63, 3.8) is 0 Å². The molecule has 0 spiro atoms. The summed E-state index contributed by atoms with van der Waals surface area (Å²) in [6.45, 7) is 2.98. The predicted molar refractivity (Wildman–Crippen MR) is 79.2 cm³/mol. The second-order valence-electron chi connectivity index (χ2n) is 4.43. The summed E-state index contributed by atoms with van der Waals surface area (Å²) in [5.74, 6) is 1.96. The van der Waals surface area contributed by atoms with E-state index in [4.69, 9.17) is 27.9 Å². The van der Waals surface area contributed by atoms with Crippen molar-refractivity contribution in [3.8, 4) is 5.75 Å². The highest BCUT2D eigenvalue weighted by Crippen LogP contribution is 2.15. The van der Waals surface area contributed by atoms with Crippen molar-refractivity contribution in [1.29, 1.82) is 0 Å². The lowest BCUT2D eigenvalue weighted by molar-refractivity contribution is 0.389. The molecule has 102 valence electrons. The molecule has 0 aliphatic carbocycles. The van der Waals surface area contributed by atoms with Gasteiger partial charge in [-0.1, -0.05) is 19.1 Å². The lowest BCUT2D eigenvalue weighted by Gasteiger charge is -2.29. The Morgan fingerprint density at radius 3 is 2.22 bits per heavy atom. The average Bonchev–Trinajstić information content (AvgIpc) is 2.45. The van der Waals surface area contributed by atoms with E-state index in [1.807, 2.05) is 12.1 Å². The van der Waals surface area contributed by atoms with Gasteiger partial charge in [0.2, 0.25) is 0 Å². The van der Waals surface area contributed by atoms with E-state index in [0.717, 1.165) is 25.1 Å². The number of hydrogen-bond donors (Lipinski definition) is 1. The van der Waals surface area contributed by atoms with Crippen LogP contribution in [0.15, 0.2) is 24.3 Å². The Balaban J connectivity index is 2.44. The summed E-state index contributed by atoms with van der Waals surface area (Å²) in [4.78, 5) is 0. The zero-order valence-corrected chi connectivity index (χ0v) is 12.5. The van der Waals surface area contributed by atoms with Gasteiger partial charge in [-0.25, -0.2) is 0 Å². The highest BCUT2D eigenvalue weighted by molar-refractivity contribution is 6.22. The van der Waals surface area contributed by atoms with Crippen LogP contribution < -0.4 is 10.1 Å². The molecule has 1 aromatic rings. The van der Waals surface area contributed by atoms with Crippen LogP contribution in [-0.2, 0) is 6.42 Å². The third-order valence-electron chi connectivity index (χ3n) is 3.26. The smallest absolute Gasteiger partial charge is 0.118 e. The maximum Gasteiger partial charge on any atom is 0.118 e. The minimum absolute atomic E-state index is 0.143. The number of rotatable bonds is 8. The van der Waals surface area contributed by atoms with E-state index in [1.54, 1.807) is 7.11 Å². The lowest BCUT2D eigenvalue weighted by Crippen LogP contribution is -2.49.